The number of amides is 4. The summed E-state index contributed by atoms with van der Waals surface area (Å²) in [7, 11) is 0. The Bertz CT molecular complexity index is 714. The minimum atomic E-state index is -0.944. The van der Waals surface area contributed by atoms with E-state index in [-0.39, 0.29) is 18.4 Å². The Balaban J connectivity index is 1.59. The van der Waals surface area contributed by atoms with Gasteiger partial charge >= 0.3 is 6.03 Å². The minimum Gasteiger partial charge on any atom is -0.341 e. The quantitative estimate of drug-likeness (QED) is 0.827. The van der Waals surface area contributed by atoms with Crippen molar-refractivity contribution >= 4 is 17.8 Å². The van der Waals surface area contributed by atoms with Crippen molar-refractivity contribution < 1.29 is 14.4 Å². The average molecular weight is 358 g/mol. The molecule has 2 fully saturated rings. The number of likely N-dealkylation sites (tertiary alicyclic amines) is 1. The molecule has 0 radical (unpaired) electrons. The van der Waals surface area contributed by atoms with Crippen LogP contribution < -0.4 is 5.32 Å². The lowest BCUT2D eigenvalue weighted by Gasteiger charge is -2.33. The molecule has 1 aromatic heterocycles. The summed E-state index contributed by atoms with van der Waals surface area (Å²) in [5, 5.41) is 2.61. The van der Waals surface area contributed by atoms with Crippen molar-refractivity contribution in [3.63, 3.8) is 0 Å². The molecular formula is C19H26N4O3. The summed E-state index contributed by atoms with van der Waals surface area (Å²) in [6, 6.07) is 3.59. The molecule has 7 heteroatoms. The predicted molar refractivity (Wildman–Crippen MR) is 96.3 cm³/mol. The number of nitrogens with one attached hydrogen (secondary N) is 1. The van der Waals surface area contributed by atoms with Crippen molar-refractivity contribution in [2.24, 2.45) is 5.92 Å². The third kappa shape index (κ3) is 3.86. The van der Waals surface area contributed by atoms with E-state index >= 15 is 0 Å². The fraction of sp³-hybridized carbons (Fsp3) is 0.579. The van der Waals surface area contributed by atoms with Gasteiger partial charge in [0.1, 0.15) is 12.1 Å². The molecule has 1 unspecified atom stereocenters. The summed E-state index contributed by atoms with van der Waals surface area (Å²) in [6.07, 6.45) is 4.77. The van der Waals surface area contributed by atoms with Crippen LogP contribution in [0.1, 0.15) is 37.9 Å². The summed E-state index contributed by atoms with van der Waals surface area (Å²) in [6.45, 7) is 6.39. The van der Waals surface area contributed by atoms with Gasteiger partial charge in [0.15, 0.2) is 0 Å². The van der Waals surface area contributed by atoms with Crippen molar-refractivity contribution in [1.29, 1.82) is 0 Å². The third-order valence-corrected chi connectivity index (χ3v) is 5.11. The van der Waals surface area contributed by atoms with Crippen molar-refractivity contribution in [3.8, 4) is 0 Å². The molecule has 0 spiro atoms. The number of imide groups is 1. The molecule has 4 amide bonds. The van der Waals surface area contributed by atoms with Crippen LogP contribution in [0.5, 0.6) is 0 Å². The Labute approximate surface area is 153 Å². The highest BCUT2D eigenvalue weighted by Gasteiger charge is 2.45. The number of urea groups is 1. The van der Waals surface area contributed by atoms with Gasteiger partial charge in [-0.05, 0) is 57.6 Å². The molecule has 140 valence electrons. The molecule has 0 aromatic carbocycles. The second-order valence-electron chi connectivity index (χ2n) is 7.81. The standard InChI is InChI=1S/C19H26N4O3/c1-13-6-7-14(10-20-13)9-15-5-4-8-22(11-15)16(24)12-23-17(25)19(2,3)21-18(23)26/h6-7,10,15H,4-5,8-9,11-12H2,1-3H3,(H,21,26). The first-order chi connectivity index (χ1) is 12.3. The van der Waals surface area contributed by atoms with Crippen LogP contribution in [0.2, 0.25) is 0 Å². The van der Waals surface area contributed by atoms with Gasteiger partial charge in [-0.15, -0.1) is 0 Å². The molecule has 2 aliphatic heterocycles. The van der Waals surface area contributed by atoms with Gasteiger partial charge in [0.05, 0.1) is 0 Å². The van der Waals surface area contributed by atoms with Gasteiger partial charge in [-0.3, -0.25) is 19.5 Å². The highest BCUT2D eigenvalue weighted by molar-refractivity contribution is 6.08. The maximum Gasteiger partial charge on any atom is 0.325 e. The first-order valence-corrected chi connectivity index (χ1v) is 9.09. The van der Waals surface area contributed by atoms with Crippen molar-refractivity contribution in [1.82, 2.24) is 20.1 Å². The second kappa shape index (κ2) is 7.05. The van der Waals surface area contributed by atoms with E-state index in [0.717, 1.165) is 29.9 Å². The Morgan fingerprint density at radius 3 is 2.73 bits per heavy atom. The maximum atomic E-state index is 12.6. The van der Waals surface area contributed by atoms with Gasteiger partial charge in [-0.25, -0.2) is 4.79 Å². The van der Waals surface area contributed by atoms with Gasteiger partial charge < -0.3 is 10.2 Å². The lowest BCUT2D eigenvalue weighted by atomic mass is 9.91. The molecule has 0 bridgehead atoms. The van der Waals surface area contributed by atoms with Crippen LogP contribution in [-0.2, 0) is 16.0 Å². The number of pyridine rings is 1. The van der Waals surface area contributed by atoms with Gasteiger partial charge in [0, 0.05) is 25.0 Å². The fourth-order valence-electron chi connectivity index (χ4n) is 3.61. The predicted octanol–water partition coefficient (Wildman–Crippen LogP) is 1.50. The number of rotatable bonds is 4. The monoisotopic (exact) mass is 358 g/mol. The van der Waals surface area contributed by atoms with Crippen LogP contribution in [0, 0.1) is 12.8 Å². The summed E-state index contributed by atoms with van der Waals surface area (Å²) >= 11 is 0. The van der Waals surface area contributed by atoms with Gasteiger partial charge in [0.25, 0.3) is 5.91 Å². The topological polar surface area (TPSA) is 82.6 Å². The number of hydrogen-bond acceptors (Lipinski definition) is 4. The van der Waals surface area contributed by atoms with Crippen molar-refractivity contribution in [3.05, 3.63) is 29.6 Å². The highest BCUT2D eigenvalue weighted by Crippen LogP contribution is 2.22. The van der Waals surface area contributed by atoms with Crippen molar-refractivity contribution in [2.75, 3.05) is 19.6 Å². The van der Waals surface area contributed by atoms with Gasteiger partial charge in [0.2, 0.25) is 5.91 Å². The second-order valence-corrected chi connectivity index (χ2v) is 7.81. The number of piperidine rings is 1. The number of aromatic nitrogens is 1. The van der Waals surface area contributed by atoms with Gasteiger partial charge in [-0.2, -0.15) is 0 Å². The molecule has 2 aliphatic rings. The molecule has 3 rings (SSSR count). The van der Waals surface area contributed by atoms with E-state index in [2.05, 4.69) is 16.4 Å². The summed E-state index contributed by atoms with van der Waals surface area (Å²) in [4.78, 5) is 44.0. The SMILES string of the molecule is Cc1ccc(CC2CCCN(C(=O)CN3C(=O)NC(C)(C)C3=O)C2)cn1. The van der Waals surface area contributed by atoms with E-state index in [1.807, 2.05) is 19.2 Å². The molecule has 0 saturated carbocycles. The Morgan fingerprint density at radius 1 is 1.35 bits per heavy atom. The van der Waals surface area contributed by atoms with Crippen LogP contribution in [0.25, 0.3) is 0 Å². The van der Waals surface area contributed by atoms with Crippen LogP contribution >= 0.6 is 0 Å². The Hall–Kier alpha value is -2.44. The first kappa shape index (κ1) is 18.4. The molecule has 2 saturated heterocycles. The molecule has 3 heterocycles. The van der Waals surface area contributed by atoms with Crippen LogP contribution in [0.15, 0.2) is 18.3 Å². The zero-order valence-electron chi connectivity index (χ0n) is 15.6. The largest absolute Gasteiger partial charge is 0.341 e. The molecule has 7 nitrogen and oxygen atoms in total. The smallest absolute Gasteiger partial charge is 0.325 e. The number of nitrogens with zero attached hydrogens (tertiary/aromatic N) is 3. The lowest BCUT2D eigenvalue weighted by Crippen LogP contribution is -2.47. The Morgan fingerprint density at radius 2 is 2.12 bits per heavy atom. The van der Waals surface area contributed by atoms with Crippen molar-refractivity contribution in [2.45, 2.75) is 45.6 Å². The first-order valence-electron chi connectivity index (χ1n) is 9.09. The zero-order chi connectivity index (χ0) is 18.9. The summed E-state index contributed by atoms with van der Waals surface area (Å²) < 4.78 is 0. The van der Waals surface area contributed by atoms with E-state index in [0.29, 0.717) is 19.0 Å². The molecular weight excluding hydrogens is 332 g/mol. The molecule has 26 heavy (non-hydrogen) atoms. The minimum absolute atomic E-state index is 0.169. The number of aryl methyl sites for hydroxylation is 1. The number of carbonyl (C=O) groups is 3. The maximum absolute atomic E-state index is 12.6. The van der Waals surface area contributed by atoms with Crippen LogP contribution in [-0.4, -0.2) is 57.8 Å². The molecule has 1 aromatic rings. The van der Waals surface area contributed by atoms with E-state index < -0.39 is 11.6 Å². The van der Waals surface area contributed by atoms with E-state index in [1.54, 1.807) is 18.7 Å². The fourth-order valence-corrected chi connectivity index (χ4v) is 3.61. The Kier molecular flexibility index (Phi) is 4.98. The zero-order valence-corrected chi connectivity index (χ0v) is 15.6. The molecule has 1 atom stereocenters. The van der Waals surface area contributed by atoms with E-state index in [1.165, 1.54) is 5.56 Å². The highest BCUT2D eigenvalue weighted by atomic mass is 16.2. The normalized spacial score (nSPS) is 22.5. The molecule has 1 N–H and O–H groups in total. The third-order valence-electron chi connectivity index (χ3n) is 5.11. The van der Waals surface area contributed by atoms with Crippen LogP contribution in [0.4, 0.5) is 4.79 Å². The lowest BCUT2D eigenvalue weighted by molar-refractivity contribution is -0.139. The van der Waals surface area contributed by atoms with E-state index in [9.17, 15) is 14.4 Å². The van der Waals surface area contributed by atoms with Gasteiger partial charge in [-0.1, -0.05) is 6.07 Å². The number of hydrogen-bond donors (Lipinski definition) is 1. The summed E-state index contributed by atoms with van der Waals surface area (Å²) in [5.41, 5.74) is 1.22. The van der Waals surface area contributed by atoms with Crippen LogP contribution in [0.3, 0.4) is 0 Å². The molecule has 0 aliphatic carbocycles. The average Bonchev–Trinajstić information content (AvgIpc) is 2.79. The number of carbonyl (C=O) groups excluding carboxylic acids is 3. The van der Waals surface area contributed by atoms with E-state index in [4.69, 9.17) is 0 Å². The summed E-state index contributed by atoms with van der Waals surface area (Å²) in [5.74, 6) is -0.148.